The molecule has 0 saturated carbocycles. The monoisotopic (exact) mass is 250 g/mol. The Hall–Kier alpha value is -1.75. The minimum atomic E-state index is -0.0781. The van der Waals surface area contributed by atoms with E-state index in [9.17, 15) is 4.79 Å². The molecule has 1 saturated heterocycles. The maximum atomic E-state index is 12.3. The lowest BCUT2D eigenvalue weighted by Gasteiger charge is -2.23. The largest absolute Gasteiger partial charge is 0.497 e. The SMILES string of the molecule is COc1ccc(C(=O)N(C)C2CCOC2)c(N)c1. The summed E-state index contributed by atoms with van der Waals surface area (Å²) >= 11 is 0. The zero-order valence-electron chi connectivity index (χ0n) is 10.7. The van der Waals surface area contributed by atoms with E-state index in [0.29, 0.717) is 30.2 Å². The van der Waals surface area contributed by atoms with Gasteiger partial charge in [0.15, 0.2) is 0 Å². The van der Waals surface area contributed by atoms with Gasteiger partial charge in [-0.05, 0) is 18.6 Å². The molecule has 1 aliphatic heterocycles. The zero-order valence-corrected chi connectivity index (χ0v) is 10.7. The lowest BCUT2D eigenvalue weighted by Crippen LogP contribution is -2.37. The van der Waals surface area contributed by atoms with Crippen LogP contribution in [0.1, 0.15) is 16.8 Å². The van der Waals surface area contributed by atoms with E-state index in [1.54, 1.807) is 37.3 Å². The number of nitrogen functional groups attached to an aromatic ring is 1. The van der Waals surface area contributed by atoms with Gasteiger partial charge < -0.3 is 20.1 Å². The van der Waals surface area contributed by atoms with Crippen LogP contribution in [0, 0.1) is 0 Å². The highest BCUT2D eigenvalue weighted by Crippen LogP contribution is 2.22. The van der Waals surface area contributed by atoms with Gasteiger partial charge in [-0.3, -0.25) is 4.79 Å². The Kier molecular flexibility index (Phi) is 3.72. The Balaban J connectivity index is 2.17. The summed E-state index contributed by atoms with van der Waals surface area (Å²) in [5, 5.41) is 0. The molecule has 0 radical (unpaired) electrons. The maximum Gasteiger partial charge on any atom is 0.256 e. The number of hydrogen-bond donors (Lipinski definition) is 1. The Bertz CT molecular complexity index is 442. The summed E-state index contributed by atoms with van der Waals surface area (Å²) in [7, 11) is 3.35. The Morgan fingerprint density at radius 1 is 1.56 bits per heavy atom. The summed E-state index contributed by atoms with van der Waals surface area (Å²) in [5.41, 5.74) is 6.82. The normalized spacial score (nSPS) is 18.7. The van der Waals surface area contributed by atoms with Crippen molar-refractivity contribution in [3.05, 3.63) is 23.8 Å². The van der Waals surface area contributed by atoms with Crippen LogP contribution in [0.15, 0.2) is 18.2 Å². The van der Waals surface area contributed by atoms with E-state index in [-0.39, 0.29) is 11.9 Å². The third kappa shape index (κ3) is 2.41. The van der Waals surface area contributed by atoms with Crippen LogP contribution in [0.3, 0.4) is 0 Å². The Labute approximate surface area is 106 Å². The highest BCUT2D eigenvalue weighted by Gasteiger charge is 2.25. The first kappa shape index (κ1) is 12.7. The fourth-order valence-corrected chi connectivity index (χ4v) is 2.05. The standard InChI is InChI=1S/C13H18N2O3/c1-15(9-5-6-18-8-9)13(16)11-4-3-10(17-2)7-12(11)14/h3-4,7,9H,5-6,8,14H2,1-2H3. The number of methoxy groups -OCH3 is 1. The van der Waals surface area contributed by atoms with Gasteiger partial charge >= 0.3 is 0 Å². The molecule has 5 heteroatoms. The molecular weight excluding hydrogens is 232 g/mol. The van der Waals surface area contributed by atoms with Crippen LogP contribution in [0.2, 0.25) is 0 Å². The molecule has 1 atom stereocenters. The molecule has 1 unspecified atom stereocenters. The van der Waals surface area contributed by atoms with Crippen molar-refractivity contribution in [1.29, 1.82) is 0 Å². The lowest BCUT2D eigenvalue weighted by molar-refractivity contribution is 0.0712. The number of benzene rings is 1. The van der Waals surface area contributed by atoms with Gasteiger partial charge in [0.05, 0.1) is 25.3 Å². The van der Waals surface area contributed by atoms with E-state index in [1.165, 1.54) is 0 Å². The fourth-order valence-electron chi connectivity index (χ4n) is 2.05. The van der Waals surface area contributed by atoms with E-state index >= 15 is 0 Å². The van der Waals surface area contributed by atoms with Gasteiger partial charge in [-0.2, -0.15) is 0 Å². The summed E-state index contributed by atoms with van der Waals surface area (Å²) in [4.78, 5) is 14.0. The second kappa shape index (κ2) is 5.27. The minimum absolute atomic E-state index is 0.0781. The lowest BCUT2D eigenvalue weighted by atomic mass is 10.1. The van der Waals surface area contributed by atoms with Crippen LogP contribution >= 0.6 is 0 Å². The molecule has 1 aromatic carbocycles. The molecule has 18 heavy (non-hydrogen) atoms. The highest BCUT2D eigenvalue weighted by molar-refractivity contribution is 5.99. The number of anilines is 1. The summed E-state index contributed by atoms with van der Waals surface area (Å²) in [6.07, 6.45) is 0.873. The number of rotatable bonds is 3. The van der Waals surface area contributed by atoms with Gasteiger partial charge in [0.2, 0.25) is 0 Å². The van der Waals surface area contributed by atoms with Crippen molar-refractivity contribution >= 4 is 11.6 Å². The topological polar surface area (TPSA) is 64.8 Å². The molecule has 1 fully saturated rings. The molecule has 0 aromatic heterocycles. The number of hydrogen-bond acceptors (Lipinski definition) is 4. The van der Waals surface area contributed by atoms with Crippen LogP contribution in [0.5, 0.6) is 5.75 Å². The van der Waals surface area contributed by atoms with Gasteiger partial charge in [0.1, 0.15) is 5.75 Å². The molecule has 0 bridgehead atoms. The molecule has 0 aliphatic carbocycles. The van der Waals surface area contributed by atoms with Crippen LogP contribution in [-0.4, -0.2) is 44.2 Å². The second-order valence-corrected chi connectivity index (χ2v) is 4.39. The Morgan fingerprint density at radius 2 is 2.33 bits per heavy atom. The maximum absolute atomic E-state index is 12.3. The number of likely N-dealkylation sites (N-methyl/N-ethyl adjacent to an activating group) is 1. The van der Waals surface area contributed by atoms with E-state index in [4.69, 9.17) is 15.2 Å². The van der Waals surface area contributed by atoms with Gasteiger partial charge in [-0.1, -0.05) is 0 Å². The van der Waals surface area contributed by atoms with Crippen LogP contribution in [0.25, 0.3) is 0 Å². The number of nitrogens with two attached hydrogens (primary N) is 1. The predicted molar refractivity (Wildman–Crippen MR) is 68.7 cm³/mol. The molecule has 0 spiro atoms. The average molecular weight is 250 g/mol. The van der Waals surface area contributed by atoms with Crippen molar-refractivity contribution in [3.8, 4) is 5.75 Å². The Morgan fingerprint density at radius 3 is 2.89 bits per heavy atom. The molecule has 2 N–H and O–H groups in total. The van der Waals surface area contributed by atoms with Crippen LogP contribution < -0.4 is 10.5 Å². The van der Waals surface area contributed by atoms with Gasteiger partial charge in [-0.25, -0.2) is 0 Å². The minimum Gasteiger partial charge on any atom is -0.497 e. The average Bonchev–Trinajstić information content (AvgIpc) is 2.90. The molecule has 98 valence electrons. The number of nitrogens with zero attached hydrogens (tertiary/aromatic N) is 1. The van der Waals surface area contributed by atoms with Crippen molar-refractivity contribution in [3.63, 3.8) is 0 Å². The quantitative estimate of drug-likeness (QED) is 0.817. The van der Waals surface area contributed by atoms with E-state index in [2.05, 4.69) is 0 Å². The number of ether oxygens (including phenoxy) is 2. The summed E-state index contributed by atoms with van der Waals surface area (Å²) in [6.45, 7) is 1.30. The molecule has 5 nitrogen and oxygen atoms in total. The number of carbonyl (C=O) groups is 1. The van der Waals surface area contributed by atoms with Crippen LogP contribution in [-0.2, 0) is 4.74 Å². The molecule has 2 rings (SSSR count). The van der Waals surface area contributed by atoms with Gasteiger partial charge in [0, 0.05) is 25.4 Å². The summed E-state index contributed by atoms with van der Waals surface area (Å²) < 4.78 is 10.4. The first-order valence-corrected chi connectivity index (χ1v) is 5.92. The van der Waals surface area contributed by atoms with Crippen LogP contribution in [0.4, 0.5) is 5.69 Å². The van der Waals surface area contributed by atoms with Gasteiger partial charge in [-0.15, -0.1) is 0 Å². The van der Waals surface area contributed by atoms with E-state index in [0.717, 1.165) is 6.42 Å². The smallest absolute Gasteiger partial charge is 0.256 e. The molecular formula is C13H18N2O3. The van der Waals surface area contributed by atoms with Crippen molar-refractivity contribution in [2.75, 3.05) is 33.1 Å². The molecule has 1 aliphatic rings. The molecule has 1 aromatic rings. The van der Waals surface area contributed by atoms with Gasteiger partial charge in [0.25, 0.3) is 5.91 Å². The van der Waals surface area contributed by atoms with E-state index < -0.39 is 0 Å². The van der Waals surface area contributed by atoms with Crippen molar-refractivity contribution in [2.24, 2.45) is 0 Å². The molecule has 1 heterocycles. The summed E-state index contributed by atoms with van der Waals surface area (Å²) in [5.74, 6) is 0.571. The molecule has 1 amide bonds. The number of carbonyl (C=O) groups excluding carboxylic acids is 1. The summed E-state index contributed by atoms with van der Waals surface area (Å²) in [6, 6.07) is 5.23. The zero-order chi connectivity index (χ0) is 13.1. The highest BCUT2D eigenvalue weighted by atomic mass is 16.5. The van der Waals surface area contributed by atoms with E-state index in [1.807, 2.05) is 0 Å². The number of amides is 1. The first-order valence-electron chi connectivity index (χ1n) is 5.92. The third-order valence-electron chi connectivity index (χ3n) is 3.26. The van der Waals surface area contributed by atoms with Crippen molar-refractivity contribution in [2.45, 2.75) is 12.5 Å². The van der Waals surface area contributed by atoms with Crippen molar-refractivity contribution in [1.82, 2.24) is 4.90 Å². The fraction of sp³-hybridized carbons (Fsp3) is 0.462. The first-order chi connectivity index (χ1) is 8.63. The predicted octanol–water partition coefficient (Wildman–Crippen LogP) is 1.14. The second-order valence-electron chi connectivity index (χ2n) is 4.39. The third-order valence-corrected chi connectivity index (χ3v) is 3.26. The van der Waals surface area contributed by atoms with Crippen molar-refractivity contribution < 1.29 is 14.3 Å².